The zero-order chi connectivity index (χ0) is 10.1. The fraction of sp³-hybridized carbons (Fsp3) is 0. The number of carbonyl (C=O) groups excluding carboxylic acids is 1. The summed E-state index contributed by atoms with van der Waals surface area (Å²) < 4.78 is 10.4. The third-order valence-corrected chi connectivity index (χ3v) is 2.37. The van der Waals surface area contributed by atoms with Crippen molar-refractivity contribution in [2.24, 2.45) is 0 Å². The molecule has 0 saturated heterocycles. The van der Waals surface area contributed by atoms with E-state index in [1.807, 2.05) is 0 Å². The van der Waals surface area contributed by atoms with E-state index in [1.165, 1.54) is 24.3 Å². The Kier molecular flexibility index (Phi) is 5.55. The summed E-state index contributed by atoms with van der Waals surface area (Å²) in [5.74, 6) is 0. The number of rotatable bonds is 2. The Morgan fingerprint density at radius 1 is 1.36 bits per heavy atom. The van der Waals surface area contributed by atoms with Crippen LogP contribution in [0, 0.1) is 0 Å². The number of hydrogen-bond donors (Lipinski definition) is 1. The van der Waals surface area contributed by atoms with E-state index in [2.05, 4.69) is 0 Å². The van der Waals surface area contributed by atoms with Crippen LogP contribution in [-0.4, -0.2) is 10.4 Å². The molecule has 0 amide bonds. The summed E-state index contributed by atoms with van der Waals surface area (Å²) >= 11 is 5.51. The summed E-state index contributed by atoms with van der Waals surface area (Å²) in [7, 11) is -4.93. The summed E-state index contributed by atoms with van der Waals surface area (Å²) in [6.45, 7) is 0. The molecule has 0 bridgehead atoms. The smallest absolute Gasteiger partial charge is 0.773 e. The van der Waals surface area contributed by atoms with Gasteiger partial charge in [0.15, 0.2) is 0 Å². The van der Waals surface area contributed by atoms with Crippen LogP contribution in [0.4, 0.5) is 0 Å². The van der Waals surface area contributed by atoms with Crippen molar-refractivity contribution >= 4 is 24.7 Å². The molecule has 0 aliphatic carbocycles. The fourth-order valence-electron chi connectivity index (χ4n) is 0.756. The van der Waals surface area contributed by atoms with Gasteiger partial charge in [0.05, 0.1) is 0 Å². The first-order valence-corrected chi connectivity index (χ1v) is 5.21. The molecule has 1 aromatic rings. The summed E-state index contributed by atoms with van der Waals surface area (Å²) in [5, 5.41) is 0.384. The van der Waals surface area contributed by atoms with Gasteiger partial charge in [-0.05, 0) is 24.3 Å². The third kappa shape index (κ3) is 3.83. The van der Waals surface area contributed by atoms with Gasteiger partial charge in [-0.25, -0.2) is 0 Å². The largest absolute Gasteiger partial charge is 1.00 e. The van der Waals surface area contributed by atoms with E-state index in [0.29, 0.717) is 5.02 Å². The van der Waals surface area contributed by atoms with Crippen LogP contribution >= 0.6 is 19.2 Å². The molecule has 0 radical (unpaired) electrons. The van der Waals surface area contributed by atoms with E-state index >= 15 is 0 Å². The molecular formula is C7H5ClNaO4P. The van der Waals surface area contributed by atoms with Crippen LogP contribution in [0.15, 0.2) is 24.3 Å². The average molecular weight is 243 g/mol. The van der Waals surface area contributed by atoms with E-state index in [-0.39, 0.29) is 35.1 Å². The van der Waals surface area contributed by atoms with E-state index in [1.54, 1.807) is 0 Å². The van der Waals surface area contributed by atoms with Crippen LogP contribution in [0.1, 0.15) is 10.4 Å². The second kappa shape index (κ2) is 5.42. The maximum Gasteiger partial charge on any atom is 1.00 e. The van der Waals surface area contributed by atoms with Crippen molar-refractivity contribution in [3.8, 4) is 0 Å². The molecule has 1 atom stereocenters. The molecule has 0 spiro atoms. The normalized spacial score (nSPS) is 13.9. The van der Waals surface area contributed by atoms with Gasteiger partial charge in [-0.2, -0.15) is 0 Å². The maximum absolute atomic E-state index is 10.9. The Balaban J connectivity index is 0.00000169. The number of carbonyl (C=O) groups is 1. The van der Waals surface area contributed by atoms with Gasteiger partial charge in [-0.1, -0.05) is 11.6 Å². The molecule has 1 N–H and O–H groups in total. The minimum Gasteiger partial charge on any atom is -0.773 e. The van der Waals surface area contributed by atoms with Gasteiger partial charge < -0.3 is 14.4 Å². The first kappa shape index (κ1) is 14.3. The zero-order valence-electron chi connectivity index (χ0n) is 7.31. The first-order valence-electron chi connectivity index (χ1n) is 3.25. The predicted molar refractivity (Wildman–Crippen MR) is 45.6 cm³/mol. The van der Waals surface area contributed by atoms with E-state index in [9.17, 15) is 14.3 Å². The van der Waals surface area contributed by atoms with Gasteiger partial charge in [-0.15, -0.1) is 0 Å². The summed E-state index contributed by atoms with van der Waals surface area (Å²) in [6.07, 6.45) is 0. The maximum atomic E-state index is 10.9. The van der Waals surface area contributed by atoms with Crippen LogP contribution in [-0.2, 0) is 4.57 Å². The van der Waals surface area contributed by atoms with Crippen LogP contribution < -0.4 is 34.5 Å². The molecule has 0 aliphatic heterocycles. The molecule has 0 fully saturated rings. The number of benzene rings is 1. The summed E-state index contributed by atoms with van der Waals surface area (Å²) in [6, 6.07) is 5.19. The Hall–Kier alpha value is 0.330. The summed E-state index contributed by atoms with van der Waals surface area (Å²) in [4.78, 5) is 29.8. The molecule has 0 heterocycles. The standard InChI is InChI=1S/C7H6ClO4P.Na/c8-6-3-1-5(2-4-6)7(9)13(10,11)12;/h1-4H,(H2,10,11,12);/q;+1/p-1. The number of halogens is 1. The van der Waals surface area contributed by atoms with Gasteiger partial charge >= 0.3 is 29.6 Å². The Bertz CT molecular complexity index is 372. The molecule has 0 saturated carbocycles. The van der Waals surface area contributed by atoms with Gasteiger partial charge in [0.2, 0.25) is 13.1 Å². The van der Waals surface area contributed by atoms with Crippen LogP contribution in [0.5, 0.6) is 0 Å². The topological polar surface area (TPSA) is 77.4 Å². The predicted octanol–water partition coefficient (Wildman–Crippen LogP) is -1.97. The molecule has 14 heavy (non-hydrogen) atoms. The third-order valence-electron chi connectivity index (χ3n) is 1.35. The van der Waals surface area contributed by atoms with Crippen molar-refractivity contribution in [2.45, 2.75) is 0 Å². The molecule has 1 aromatic carbocycles. The summed E-state index contributed by atoms with van der Waals surface area (Å²) in [5.41, 5.74) is -1.41. The fourth-order valence-corrected chi connectivity index (χ4v) is 1.36. The second-order valence-electron chi connectivity index (χ2n) is 2.33. The van der Waals surface area contributed by atoms with Gasteiger partial charge in [0.1, 0.15) is 0 Å². The molecular weight excluding hydrogens is 237 g/mol. The van der Waals surface area contributed by atoms with Crippen LogP contribution in [0.3, 0.4) is 0 Å². The molecule has 1 unspecified atom stereocenters. The van der Waals surface area contributed by atoms with Crippen molar-refractivity contribution in [1.82, 2.24) is 0 Å². The Labute approximate surface area is 108 Å². The van der Waals surface area contributed by atoms with E-state index in [4.69, 9.17) is 16.5 Å². The van der Waals surface area contributed by atoms with Crippen molar-refractivity contribution < 1.29 is 48.7 Å². The zero-order valence-corrected chi connectivity index (χ0v) is 11.0. The second-order valence-corrected chi connectivity index (χ2v) is 4.22. The quantitative estimate of drug-likeness (QED) is 0.482. The van der Waals surface area contributed by atoms with E-state index in [0.717, 1.165) is 0 Å². The average Bonchev–Trinajstić information content (AvgIpc) is 2.03. The molecule has 70 valence electrons. The van der Waals surface area contributed by atoms with Crippen molar-refractivity contribution in [1.29, 1.82) is 0 Å². The monoisotopic (exact) mass is 242 g/mol. The first-order chi connectivity index (χ1) is 5.91. The number of hydrogen-bond acceptors (Lipinski definition) is 3. The molecule has 0 aromatic heterocycles. The van der Waals surface area contributed by atoms with Gasteiger partial charge in [-0.3, -0.25) is 4.79 Å². The molecule has 1 rings (SSSR count). The molecule has 0 aliphatic rings. The van der Waals surface area contributed by atoms with Gasteiger partial charge in [0.25, 0.3) is 0 Å². The molecule has 4 nitrogen and oxygen atoms in total. The van der Waals surface area contributed by atoms with Crippen molar-refractivity contribution in [2.75, 3.05) is 0 Å². The van der Waals surface area contributed by atoms with Crippen LogP contribution in [0.25, 0.3) is 0 Å². The minimum absolute atomic E-state index is 0. The van der Waals surface area contributed by atoms with Crippen molar-refractivity contribution in [3.63, 3.8) is 0 Å². The Morgan fingerprint density at radius 3 is 2.14 bits per heavy atom. The Morgan fingerprint density at radius 2 is 1.79 bits per heavy atom. The van der Waals surface area contributed by atoms with Crippen molar-refractivity contribution in [3.05, 3.63) is 34.9 Å². The van der Waals surface area contributed by atoms with Gasteiger partial charge in [0, 0.05) is 10.6 Å². The SMILES string of the molecule is O=C(c1ccc(Cl)cc1)P(=O)([O-])O.[Na+]. The van der Waals surface area contributed by atoms with Crippen LogP contribution in [0.2, 0.25) is 5.02 Å². The van der Waals surface area contributed by atoms with E-state index < -0.39 is 13.1 Å². The minimum atomic E-state index is -4.93. The molecule has 7 heteroatoms.